The summed E-state index contributed by atoms with van der Waals surface area (Å²) in [7, 11) is 0. The van der Waals surface area contributed by atoms with Crippen molar-refractivity contribution in [2.75, 3.05) is 0 Å². The van der Waals surface area contributed by atoms with Crippen LogP contribution in [0.4, 0.5) is 0 Å². The number of Topliss-reactive ketones (excluding diaryl/α,β-unsaturated/α-hetero) is 1. The number of hydrogen-bond donors (Lipinski definition) is 0. The lowest BCUT2D eigenvalue weighted by Crippen LogP contribution is -2.20. The summed E-state index contributed by atoms with van der Waals surface area (Å²) in [5, 5.41) is 3.91. The average Bonchev–Trinajstić information content (AvgIpc) is 3.07. The molecule has 1 aromatic carbocycles. The van der Waals surface area contributed by atoms with Crippen molar-refractivity contribution in [3.8, 4) is 0 Å². The third kappa shape index (κ3) is 1.78. The van der Waals surface area contributed by atoms with Gasteiger partial charge in [-0.2, -0.15) is 11.3 Å². The maximum absolute atomic E-state index is 12.6. The van der Waals surface area contributed by atoms with E-state index in [0.717, 1.165) is 28.4 Å². The van der Waals surface area contributed by atoms with Crippen molar-refractivity contribution < 1.29 is 4.79 Å². The van der Waals surface area contributed by atoms with Gasteiger partial charge in [0.25, 0.3) is 0 Å². The van der Waals surface area contributed by atoms with Crippen LogP contribution in [0.25, 0.3) is 0 Å². The van der Waals surface area contributed by atoms with Crippen LogP contribution in [-0.4, -0.2) is 5.78 Å². The van der Waals surface area contributed by atoms with Crippen LogP contribution < -0.4 is 0 Å². The molecule has 1 nitrogen and oxygen atoms in total. The highest BCUT2D eigenvalue weighted by Gasteiger charge is 2.51. The molecule has 86 valence electrons. The second kappa shape index (κ2) is 4.07. The predicted octanol–water partition coefficient (Wildman–Crippen LogP) is 4.43. The molecule has 1 fully saturated rings. The van der Waals surface area contributed by atoms with Crippen molar-refractivity contribution in [3.63, 3.8) is 0 Å². The molecule has 0 unspecified atom stereocenters. The predicted molar refractivity (Wildman–Crippen MR) is 73.7 cm³/mol. The Bertz CT molecular complexity index is 555. The molecular formula is C14H11BrOS. The minimum Gasteiger partial charge on any atom is -0.293 e. The quantitative estimate of drug-likeness (QED) is 0.767. The molecule has 1 aromatic heterocycles. The third-order valence-electron chi connectivity index (χ3n) is 3.37. The molecular weight excluding hydrogens is 296 g/mol. The summed E-state index contributed by atoms with van der Waals surface area (Å²) in [6.45, 7) is 0. The van der Waals surface area contributed by atoms with E-state index in [2.05, 4.69) is 28.1 Å². The molecule has 1 aliphatic rings. The van der Waals surface area contributed by atoms with E-state index in [-0.39, 0.29) is 11.2 Å². The first kappa shape index (κ1) is 11.2. The highest BCUT2D eigenvalue weighted by molar-refractivity contribution is 9.10. The molecule has 0 radical (unpaired) electrons. The summed E-state index contributed by atoms with van der Waals surface area (Å²) in [4.78, 5) is 12.6. The normalized spacial score (nSPS) is 16.8. The SMILES string of the molecule is O=C(c1cscc1Br)C1(c2ccccc2)CC1. The molecule has 0 spiro atoms. The number of halogens is 1. The number of carbonyl (C=O) groups is 1. The zero-order valence-electron chi connectivity index (χ0n) is 9.15. The fourth-order valence-electron chi connectivity index (χ4n) is 2.23. The van der Waals surface area contributed by atoms with Crippen molar-refractivity contribution in [1.29, 1.82) is 0 Å². The Kier molecular flexibility index (Phi) is 2.68. The lowest BCUT2D eigenvalue weighted by molar-refractivity contribution is 0.0946. The van der Waals surface area contributed by atoms with Gasteiger partial charge in [0.05, 0.1) is 5.41 Å². The molecule has 0 saturated heterocycles. The van der Waals surface area contributed by atoms with Crippen LogP contribution in [0.5, 0.6) is 0 Å². The Balaban J connectivity index is 2.00. The maximum Gasteiger partial charge on any atom is 0.175 e. The van der Waals surface area contributed by atoms with Crippen LogP contribution in [0.3, 0.4) is 0 Å². The lowest BCUT2D eigenvalue weighted by atomic mass is 9.88. The van der Waals surface area contributed by atoms with E-state index in [4.69, 9.17) is 0 Å². The zero-order chi connectivity index (χ0) is 11.9. The van der Waals surface area contributed by atoms with Crippen molar-refractivity contribution >= 4 is 33.0 Å². The Labute approximate surface area is 113 Å². The fourth-order valence-corrected chi connectivity index (χ4v) is 3.68. The minimum atomic E-state index is -0.245. The van der Waals surface area contributed by atoms with E-state index in [0.29, 0.717) is 0 Å². The number of benzene rings is 1. The van der Waals surface area contributed by atoms with E-state index in [9.17, 15) is 4.79 Å². The highest BCUT2D eigenvalue weighted by atomic mass is 79.9. The van der Waals surface area contributed by atoms with Crippen molar-refractivity contribution in [2.24, 2.45) is 0 Å². The summed E-state index contributed by atoms with van der Waals surface area (Å²) in [5.41, 5.74) is 1.74. The Morgan fingerprint density at radius 1 is 1.18 bits per heavy atom. The Morgan fingerprint density at radius 2 is 1.88 bits per heavy atom. The maximum atomic E-state index is 12.6. The molecule has 0 atom stereocenters. The molecule has 3 rings (SSSR count). The highest BCUT2D eigenvalue weighted by Crippen LogP contribution is 2.51. The van der Waals surface area contributed by atoms with Gasteiger partial charge in [-0.3, -0.25) is 4.79 Å². The van der Waals surface area contributed by atoms with Gasteiger partial charge in [0.2, 0.25) is 0 Å². The summed E-state index contributed by atoms with van der Waals surface area (Å²) in [6, 6.07) is 10.1. The first-order valence-electron chi connectivity index (χ1n) is 5.56. The van der Waals surface area contributed by atoms with Gasteiger partial charge in [0.15, 0.2) is 5.78 Å². The molecule has 1 heterocycles. The number of rotatable bonds is 3. The number of hydrogen-bond acceptors (Lipinski definition) is 2. The van der Waals surface area contributed by atoms with Crippen molar-refractivity contribution in [2.45, 2.75) is 18.3 Å². The van der Waals surface area contributed by atoms with Crippen LogP contribution in [0, 0.1) is 0 Å². The Morgan fingerprint density at radius 3 is 2.41 bits per heavy atom. The van der Waals surface area contributed by atoms with Crippen LogP contribution in [-0.2, 0) is 5.41 Å². The first-order valence-corrected chi connectivity index (χ1v) is 7.30. The molecule has 0 bridgehead atoms. The molecule has 17 heavy (non-hydrogen) atoms. The molecule has 1 saturated carbocycles. The zero-order valence-corrected chi connectivity index (χ0v) is 11.6. The number of carbonyl (C=O) groups excluding carboxylic acids is 1. The van der Waals surface area contributed by atoms with E-state index in [1.54, 1.807) is 11.3 Å². The lowest BCUT2D eigenvalue weighted by Gasteiger charge is -2.13. The van der Waals surface area contributed by atoms with Crippen LogP contribution in [0.2, 0.25) is 0 Å². The Hall–Kier alpha value is -0.930. The van der Waals surface area contributed by atoms with Crippen molar-refractivity contribution in [1.82, 2.24) is 0 Å². The van der Waals surface area contributed by atoms with Gasteiger partial charge in [0.1, 0.15) is 0 Å². The molecule has 0 aliphatic heterocycles. The van der Waals surface area contributed by atoms with Crippen LogP contribution in [0.15, 0.2) is 45.6 Å². The van der Waals surface area contributed by atoms with Crippen molar-refractivity contribution in [3.05, 3.63) is 56.7 Å². The minimum absolute atomic E-state index is 0.245. The fraction of sp³-hybridized carbons (Fsp3) is 0.214. The number of thiophene rings is 1. The number of ketones is 1. The molecule has 0 N–H and O–H groups in total. The standard InChI is InChI=1S/C14H11BrOS/c15-12-9-17-8-11(12)13(16)14(6-7-14)10-4-2-1-3-5-10/h1-5,8-9H,6-7H2. The summed E-state index contributed by atoms with van der Waals surface area (Å²) < 4.78 is 0.926. The van der Waals surface area contributed by atoms with Gasteiger partial charge in [-0.15, -0.1) is 0 Å². The molecule has 1 aliphatic carbocycles. The van der Waals surface area contributed by atoms with Gasteiger partial charge in [-0.25, -0.2) is 0 Å². The summed E-state index contributed by atoms with van der Waals surface area (Å²) in [5.74, 6) is 0.261. The van der Waals surface area contributed by atoms with Gasteiger partial charge in [-0.05, 0) is 34.3 Å². The molecule has 0 amide bonds. The van der Waals surface area contributed by atoms with Gasteiger partial charge in [-0.1, -0.05) is 30.3 Å². The second-order valence-electron chi connectivity index (χ2n) is 4.41. The van der Waals surface area contributed by atoms with E-state index in [1.165, 1.54) is 0 Å². The first-order chi connectivity index (χ1) is 8.24. The van der Waals surface area contributed by atoms with Gasteiger partial charge >= 0.3 is 0 Å². The molecule has 3 heteroatoms. The van der Waals surface area contributed by atoms with E-state index >= 15 is 0 Å². The van der Waals surface area contributed by atoms with Crippen LogP contribution in [0.1, 0.15) is 28.8 Å². The third-order valence-corrected chi connectivity index (χ3v) is 5.07. The largest absolute Gasteiger partial charge is 0.293 e. The second-order valence-corrected chi connectivity index (χ2v) is 6.01. The average molecular weight is 307 g/mol. The van der Waals surface area contributed by atoms with E-state index < -0.39 is 0 Å². The van der Waals surface area contributed by atoms with E-state index in [1.807, 2.05) is 29.0 Å². The van der Waals surface area contributed by atoms with Crippen LogP contribution >= 0.6 is 27.3 Å². The van der Waals surface area contributed by atoms with Gasteiger partial charge < -0.3 is 0 Å². The smallest absolute Gasteiger partial charge is 0.175 e. The monoisotopic (exact) mass is 306 g/mol. The summed E-state index contributed by atoms with van der Waals surface area (Å²) in [6.07, 6.45) is 1.94. The van der Waals surface area contributed by atoms with Gasteiger partial charge in [0, 0.05) is 20.8 Å². The topological polar surface area (TPSA) is 17.1 Å². The summed E-state index contributed by atoms with van der Waals surface area (Å²) >= 11 is 5.02. The molecule has 2 aromatic rings.